The van der Waals surface area contributed by atoms with Gasteiger partial charge in [0.25, 0.3) is 0 Å². The summed E-state index contributed by atoms with van der Waals surface area (Å²) in [6.45, 7) is -1.88. The van der Waals surface area contributed by atoms with Crippen molar-refractivity contribution in [2.45, 2.75) is 51.4 Å². The molecule has 5 heteroatoms. The zero-order valence-corrected chi connectivity index (χ0v) is 24.3. The van der Waals surface area contributed by atoms with Gasteiger partial charge >= 0.3 is 0 Å². The van der Waals surface area contributed by atoms with Crippen molar-refractivity contribution in [1.82, 2.24) is 0 Å². The van der Waals surface area contributed by atoms with Crippen LogP contribution in [0.5, 0.6) is 0 Å². The smallest absolute Gasteiger partial charge is 0.160 e. The van der Waals surface area contributed by atoms with Crippen molar-refractivity contribution < 1.29 is 14.4 Å². The second kappa shape index (κ2) is 17.6. The van der Waals surface area contributed by atoms with Gasteiger partial charge in [0.05, 0.1) is 0 Å². The largest absolute Gasteiger partial charge is 0.303 e. The lowest BCUT2D eigenvalue weighted by atomic mass is 10.1. The fourth-order valence-corrected chi connectivity index (χ4v) is 11.7. The highest BCUT2D eigenvalue weighted by atomic mass is 32.1. The lowest BCUT2D eigenvalue weighted by Gasteiger charge is -2.22. The molecule has 0 heterocycles. The fraction of sp³-hybridized carbons (Fsp3) is 0.294. The number of carbonyl (C=O) groups excluding carboxylic acids is 3. The molecule has 0 saturated heterocycles. The van der Waals surface area contributed by atoms with Crippen molar-refractivity contribution in [3.8, 4) is 0 Å². The molecule has 2 saturated carbocycles. The molecule has 0 aromatic heterocycles. The lowest BCUT2D eigenvalue weighted by Crippen LogP contribution is -2.27. The summed E-state index contributed by atoms with van der Waals surface area (Å²) >= 11 is 0. The van der Waals surface area contributed by atoms with Crippen molar-refractivity contribution in [3.05, 3.63) is 103 Å². The summed E-state index contributed by atoms with van der Waals surface area (Å²) in [5, 5.41) is 3.87. The Balaban J connectivity index is 0.000000213. The van der Waals surface area contributed by atoms with Crippen molar-refractivity contribution in [2.75, 3.05) is 0 Å². The molecular weight excluding hydrogens is 518 g/mol. The molecule has 3 nitrogen and oxygen atoms in total. The molecule has 2 aliphatic rings. The van der Waals surface area contributed by atoms with Crippen LogP contribution in [0.1, 0.15) is 51.4 Å². The quantitative estimate of drug-likeness (QED) is 0.168. The van der Waals surface area contributed by atoms with Gasteiger partial charge in [-0.05, 0) is 74.1 Å². The fourth-order valence-electron chi connectivity index (χ4n) is 5.15. The summed E-state index contributed by atoms with van der Waals surface area (Å²) in [6.07, 6.45) is 16.6. The maximum absolute atomic E-state index is 11.1. The maximum Gasteiger partial charge on any atom is 0.160 e. The predicted molar refractivity (Wildman–Crippen MR) is 169 cm³/mol. The second-order valence-electron chi connectivity index (χ2n) is 9.79. The van der Waals surface area contributed by atoms with E-state index in [2.05, 4.69) is 72.8 Å². The van der Waals surface area contributed by atoms with Crippen LogP contribution in [-0.4, -0.2) is 24.7 Å². The molecular formula is C34H39O3P2+. The molecule has 0 unspecified atom stereocenters. The Morgan fingerprint density at radius 3 is 1.31 bits per heavy atom. The number of allylic oxidation sites excluding steroid dienone is 2. The van der Waals surface area contributed by atoms with Gasteiger partial charge < -0.3 is 4.79 Å². The van der Waals surface area contributed by atoms with Crippen LogP contribution in [0.25, 0.3) is 0 Å². The molecule has 2 fully saturated rings. The van der Waals surface area contributed by atoms with Crippen molar-refractivity contribution >= 4 is 55.4 Å². The topological polar surface area (TPSA) is 51.2 Å². The van der Waals surface area contributed by atoms with Crippen LogP contribution in [0.3, 0.4) is 0 Å². The highest BCUT2D eigenvalue weighted by molar-refractivity contribution is 8.41. The van der Waals surface area contributed by atoms with Gasteiger partial charge in [-0.2, -0.15) is 0 Å². The van der Waals surface area contributed by atoms with Gasteiger partial charge in [0, 0.05) is 11.7 Å². The third kappa shape index (κ3) is 9.31. The minimum absolute atomic E-state index is 0.417. The van der Waals surface area contributed by atoms with Crippen LogP contribution < -0.4 is 15.9 Å². The third-order valence-corrected chi connectivity index (χ3v) is 14.4. The summed E-state index contributed by atoms with van der Waals surface area (Å²) in [5.74, 6) is 2.86. The van der Waals surface area contributed by atoms with Gasteiger partial charge in [0.1, 0.15) is 36.4 Å². The summed E-state index contributed by atoms with van der Waals surface area (Å²) in [5.41, 5.74) is 0. The van der Waals surface area contributed by atoms with E-state index in [0.717, 1.165) is 39.6 Å². The Labute approximate surface area is 235 Å². The van der Waals surface area contributed by atoms with Crippen LogP contribution in [0.4, 0.5) is 0 Å². The van der Waals surface area contributed by atoms with E-state index in [0.29, 0.717) is 11.8 Å². The second-order valence-corrected chi connectivity index (χ2v) is 15.6. The third-order valence-electron chi connectivity index (χ3n) is 7.14. The van der Waals surface area contributed by atoms with E-state index in [1.807, 2.05) is 24.3 Å². The number of hydrogen-bond donors (Lipinski definition) is 0. The van der Waals surface area contributed by atoms with Crippen molar-refractivity contribution in [1.29, 1.82) is 0 Å². The molecule has 3 aromatic carbocycles. The SMILES string of the molecule is O=C/C=C/C1CCCC1.O=CC1CCCC1.O=CC=P[P+](c1ccccc1)(c1ccccc1)c1ccccc1. The number of carbonyl (C=O) groups is 3. The van der Waals surface area contributed by atoms with Gasteiger partial charge in [-0.25, -0.2) is 0 Å². The maximum atomic E-state index is 11.1. The lowest BCUT2D eigenvalue weighted by molar-refractivity contribution is -0.111. The molecule has 0 amide bonds. The Hall–Kier alpha value is -2.99. The van der Waals surface area contributed by atoms with Crippen LogP contribution in [-0.2, 0) is 14.4 Å². The highest BCUT2D eigenvalue weighted by Crippen LogP contribution is 2.66. The molecule has 0 spiro atoms. The molecule has 2 aliphatic carbocycles. The Kier molecular flexibility index (Phi) is 13.8. The van der Waals surface area contributed by atoms with E-state index >= 15 is 0 Å². The average molecular weight is 558 g/mol. The zero-order valence-electron chi connectivity index (χ0n) is 22.6. The van der Waals surface area contributed by atoms with Gasteiger partial charge in [-0.3, -0.25) is 9.59 Å². The number of hydrogen-bond acceptors (Lipinski definition) is 3. The van der Waals surface area contributed by atoms with Crippen molar-refractivity contribution in [3.63, 3.8) is 0 Å². The first-order valence-electron chi connectivity index (χ1n) is 13.9. The first-order valence-corrected chi connectivity index (χ1v) is 17.3. The van der Waals surface area contributed by atoms with Gasteiger partial charge in [0.15, 0.2) is 13.2 Å². The van der Waals surface area contributed by atoms with Crippen LogP contribution in [0, 0.1) is 11.8 Å². The minimum Gasteiger partial charge on any atom is -0.303 e. The highest BCUT2D eigenvalue weighted by Gasteiger charge is 2.44. The van der Waals surface area contributed by atoms with E-state index in [1.54, 1.807) is 11.9 Å². The normalized spacial score (nSPS) is 15.8. The van der Waals surface area contributed by atoms with E-state index in [-0.39, 0.29) is 0 Å². The molecule has 202 valence electrons. The van der Waals surface area contributed by atoms with Crippen molar-refractivity contribution in [2.24, 2.45) is 11.8 Å². The van der Waals surface area contributed by atoms with Crippen LogP contribution in [0.15, 0.2) is 103 Å². The molecule has 0 N–H and O–H groups in total. The molecule has 39 heavy (non-hydrogen) atoms. The van der Waals surface area contributed by atoms with E-state index in [1.165, 1.54) is 54.4 Å². The predicted octanol–water partition coefficient (Wildman–Crippen LogP) is 7.15. The Morgan fingerprint density at radius 2 is 0.974 bits per heavy atom. The molecule has 0 radical (unpaired) electrons. The number of benzene rings is 3. The van der Waals surface area contributed by atoms with E-state index in [4.69, 9.17) is 0 Å². The molecule has 0 aliphatic heterocycles. The zero-order chi connectivity index (χ0) is 27.6. The summed E-state index contributed by atoms with van der Waals surface area (Å²) in [4.78, 5) is 31.0. The standard InChI is InChI=1S/C20H17OP2.C8H12O.C6H10O/c21-16-17-22-23(18-10-4-1-5-11-18,19-12-6-2-7-13-19)20-14-8-3-9-15-20;9-7-3-6-8-4-1-2-5-8;7-5-6-3-1-2-4-6/h1-17H;3,6-8H,1-2,4-5H2;5-6H,1-4H2/q+1;;/b;6-3+;. The van der Waals surface area contributed by atoms with Crippen LogP contribution >= 0.6 is 14.8 Å². The van der Waals surface area contributed by atoms with Gasteiger partial charge in [0.2, 0.25) is 0 Å². The van der Waals surface area contributed by atoms with Gasteiger partial charge in [-0.1, -0.05) is 86.4 Å². The number of aldehydes is 3. The monoisotopic (exact) mass is 557 g/mol. The molecule has 5 rings (SSSR count). The Bertz CT molecular complexity index is 1070. The molecule has 0 bridgehead atoms. The molecule has 0 atom stereocenters. The summed E-state index contributed by atoms with van der Waals surface area (Å²) in [6, 6.07) is 31.6. The average Bonchev–Trinajstić information content (AvgIpc) is 3.74. The summed E-state index contributed by atoms with van der Waals surface area (Å²) < 4.78 is 0. The number of rotatable bonds is 8. The van der Waals surface area contributed by atoms with E-state index < -0.39 is 6.95 Å². The minimum atomic E-state index is -1.88. The van der Waals surface area contributed by atoms with E-state index in [9.17, 15) is 14.4 Å². The first kappa shape index (κ1) is 30.6. The van der Waals surface area contributed by atoms with Gasteiger partial charge in [-0.15, -0.1) is 0 Å². The Morgan fingerprint density at radius 1 is 0.564 bits per heavy atom. The first-order chi connectivity index (χ1) is 19.2. The summed E-state index contributed by atoms with van der Waals surface area (Å²) in [7, 11) is 1.05. The van der Waals surface area contributed by atoms with Crippen LogP contribution in [0.2, 0.25) is 0 Å². The molecule has 3 aromatic rings.